The van der Waals surface area contributed by atoms with Crippen LogP contribution in [0.2, 0.25) is 0 Å². The number of hydrogen-bond donors (Lipinski definition) is 1. The molecule has 1 aliphatic carbocycles. The Morgan fingerprint density at radius 3 is 2.50 bits per heavy atom. The molecule has 5 heteroatoms. The highest BCUT2D eigenvalue weighted by atomic mass is 16.1. The predicted molar refractivity (Wildman–Crippen MR) is 104 cm³/mol. The number of hydrogen-bond acceptors (Lipinski definition) is 3. The summed E-state index contributed by atoms with van der Waals surface area (Å²) in [5.41, 5.74) is 5.88. The molecule has 0 amide bonds. The van der Waals surface area contributed by atoms with Gasteiger partial charge < -0.3 is 9.88 Å². The minimum atomic E-state index is 0.0548. The lowest BCUT2D eigenvalue weighted by atomic mass is 10.1. The van der Waals surface area contributed by atoms with Crippen molar-refractivity contribution >= 4 is 11.3 Å². The molecule has 5 nitrogen and oxygen atoms in total. The molecule has 26 heavy (non-hydrogen) atoms. The van der Waals surface area contributed by atoms with Gasteiger partial charge in [-0.15, -0.1) is 0 Å². The van der Waals surface area contributed by atoms with Gasteiger partial charge in [0.05, 0.1) is 0 Å². The van der Waals surface area contributed by atoms with Crippen LogP contribution in [0.25, 0.3) is 16.9 Å². The average molecular weight is 348 g/mol. The predicted octanol–water partition coefficient (Wildman–Crippen LogP) is 3.87. The first-order chi connectivity index (χ1) is 12.7. The first-order valence-corrected chi connectivity index (χ1v) is 9.70. The van der Waals surface area contributed by atoms with Crippen molar-refractivity contribution in [3.63, 3.8) is 0 Å². The Morgan fingerprint density at radius 1 is 1.08 bits per heavy atom. The number of anilines is 1. The van der Waals surface area contributed by atoms with E-state index >= 15 is 0 Å². The molecule has 2 fully saturated rings. The van der Waals surface area contributed by atoms with E-state index in [0.29, 0.717) is 5.92 Å². The Kier molecular flexibility index (Phi) is 3.62. The van der Waals surface area contributed by atoms with Crippen LogP contribution in [-0.2, 0) is 0 Å². The number of H-pyrrole nitrogens is 1. The van der Waals surface area contributed by atoms with E-state index in [2.05, 4.69) is 22.0 Å². The number of benzene rings is 1. The number of aromatic amines is 1. The molecule has 0 bridgehead atoms. The largest absolute Gasteiger partial charge is 0.367 e. The highest BCUT2D eigenvalue weighted by Crippen LogP contribution is 2.40. The molecule has 2 aliphatic rings. The number of nitrogens with one attached hydrogen (secondary N) is 1. The molecule has 134 valence electrons. The van der Waals surface area contributed by atoms with Gasteiger partial charge in [-0.3, -0.25) is 4.79 Å². The van der Waals surface area contributed by atoms with Crippen LogP contribution in [0.5, 0.6) is 0 Å². The summed E-state index contributed by atoms with van der Waals surface area (Å²) in [6.45, 7) is 4.07. The second-order valence-corrected chi connectivity index (χ2v) is 7.61. The lowest BCUT2D eigenvalue weighted by Crippen LogP contribution is -2.30. The van der Waals surface area contributed by atoms with Crippen molar-refractivity contribution < 1.29 is 0 Å². The Labute approximate surface area is 152 Å². The summed E-state index contributed by atoms with van der Waals surface area (Å²) >= 11 is 0. The standard InChI is InChI=1S/C21H24N4O/c1-14-17(15-10-11-15)21(26)25-20(22-14)19(24-12-6-3-7-13-24)18(23-25)16-8-4-2-5-9-16/h2,4-5,8-9,15,22H,3,6-7,10-13H2,1H3. The van der Waals surface area contributed by atoms with Crippen LogP contribution in [0.3, 0.4) is 0 Å². The molecule has 0 spiro atoms. The molecule has 0 unspecified atom stereocenters. The van der Waals surface area contributed by atoms with Crippen LogP contribution >= 0.6 is 0 Å². The van der Waals surface area contributed by atoms with Crippen LogP contribution in [0.4, 0.5) is 5.69 Å². The minimum Gasteiger partial charge on any atom is -0.367 e. The van der Waals surface area contributed by atoms with Crippen molar-refractivity contribution in [2.24, 2.45) is 0 Å². The van der Waals surface area contributed by atoms with Crippen LogP contribution in [0.15, 0.2) is 35.1 Å². The molecule has 2 aromatic heterocycles. The molecule has 1 aromatic carbocycles. The highest BCUT2D eigenvalue weighted by molar-refractivity contribution is 5.86. The number of rotatable bonds is 3. The summed E-state index contributed by atoms with van der Waals surface area (Å²) in [6.07, 6.45) is 5.88. The maximum absolute atomic E-state index is 13.2. The van der Waals surface area contributed by atoms with Gasteiger partial charge >= 0.3 is 0 Å². The number of nitrogens with zero attached hydrogens (tertiary/aromatic N) is 3. The number of aryl methyl sites for hydroxylation is 1. The summed E-state index contributed by atoms with van der Waals surface area (Å²) in [5, 5.41) is 4.80. The third kappa shape index (κ3) is 2.45. The highest BCUT2D eigenvalue weighted by Gasteiger charge is 2.31. The van der Waals surface area contributed by atoms with Crippen molar-refractivity contribution in [1.29, 1.82) is 0 Å². The molecular weight excluding hydrogens is 324 g/mol. The topological polar surface area (TPSA) is 53.4 Å². The first kappa shape index (κ1) is 15.7. The fourth-order valence-electron chi connectivity index (χ4n) is 4.25. The van der Waals surface area contributed by atoms with E-state index in [1.54, 1.807) is 4.52 Å². The van der Waals surface area contributed by atoms with Gasteiger partial charge in [-0.25, -0.2) is 0 Å². The summed E-state index contributed by atoms with van der Waals surface area (Å²) in [7, 11) is 0. The van der Waals surface area contributed by atoms with Crippen molar-refractivity contribution in [2.45, 2.75) is 44.9 Å². The van der Waals surface area contributed by atoms with Gasteiger partial charge in [-0.1, -0.05) is 30.3 Å². The van der Waals surface area contributed by atoms with Gasteiger partial charge in [0.25, 0.3) is 5.56 Å². The van der Waals surface area contributed by atoms with Crippen molar-refractivity contribution in [3.05, 3.63) is 51.9 Å². The molecule has 1 saturated carbocycles. The SMILES string of the molecule is Cc1[nH]c2c(N3CCCCC3)c(-c3ccccc3)nn2c(=O)c1C1CC1. The van der Waals surface area contributed by atoms with E-state index in [4.69, 9.17) is 5.10 Å². The second-order valence-electron chi connectivity index (χ2n) is 7.61. The molecule has 1 saturated heterocycles. The molecule has 1 N–H and O–H groups in total. The summed E-state index contributed by atoms with van der Waals surface area (Å²) in [5.74, 6) is 0.408. The minimum absolute atomic E-state index is 0.0548. The van der Waals surface area contributed by atoms with E-state index < -0.39 is 0 Å². The van der Waals surface area contributed by atoms with E-state index in [-0.39, 0.29) is 5.56 Å². The Hall–Kier alpha value is -2.56. The fraction of sp³-hybridized carbons (Fsp3) is 0.429. The van der Waals surface area contributed by atoms with Crippen LogP contribution < -0.4 is 10.5 Å². The van der Waals surface area contributed by atoms with Gasteiger partial charge in [-0.05, 0) is 44.9 Å². The van der Waals surface area contributed by atoms with Crippen LogP contribution in [0.1, 0.15) is 49.3 Å². The maximum atomic E-state index is 13.2. The van der Waals surface area contributed by atoms with E-state index in [0.717, 1.165) is 59.8 Å². The summed E-state index contributed by atoms with van der Waals surface area (Å²) in [4.78, 5) is 19.1. The zero-order chi connectivity index (χ0) is 17.7. The van der Waals surface area contributed by atoms with E-state index in [1.165, 1.54) is 19.3 Å². The fourth-order valence-corrected chi connectivity index (χ4v) is 4.25. The van der Waals surface area contributed by atoms with Crippen molar-refractivity contribution in [2.75, 3.05) is 18.0 Å². The molecule has 0 atom stereocenters. The average Bonchev–Trinajstić information content (AvgIpc) is 3.43. The number of piperidine rings is 1. The monoisotopic (exact) mass is 348 g/mol. The Morgan fingerprint density at radius 2 is 1.81 bits per heavy atom. The quantitative estimate of drug-likeness (QED) is 0.782. The van der Waals surface area contributed by atoms with Gasteiger partial charge in [0, 0.05) is 29.9 Å². The third-order valence-corrected chi connectivity index (χ3v) is 5.70. The lowest BCUT2D eigenvalue weighted by molar-refractivity contribution is 0.579. The summed E-state index contributed by atoms with van der Waals surface area (Å²) in [6, 6.07) is 10.2. The Bertz CT molecular complexity index is 1010. The van der Waals surface area contributed by atoms with Gasteiger partial charge in [-0.2, -0.15) is 9.61 Å². The first-order valence-electron chi connectivity index (χ1n) is 9.70. The summed E-state index contributed by atoms with van der Waals surface area (Å²) < 4.78 is 1.62. The molecular formula is C21H24N4O. The Balaban J connectivity index is 1.79. The van der Waals surface area contributed by atoms with Crippen molar-refractivity contribution in [3.8, 4) is 11.3 Å². The van der Waals surface area contributed by atoms with Crippen molar-refractivity contribution in [1.82, 2.24) is 14.6 Å². The van der Waals surface area contributed by atoms with Gasteiger partial charge in [0.15, 0.2) is 5.65 Å². The third-order valence-electron chi connectivity index (χ3n) is 5.70. The normalized spacial score (nSPS) is 17.8. The second kappa shape index (κ2) is 6.01. The van der Waals surface area contributed by atoms with Gasteiger partial charge in [0.2, 0.25) is 0 Å². The smallest absolute Gasteiger partial charge is 0.278 e. The molecule has 5 rings (SSSR count). The number of aromatic nitrogens is 3. The number of fused-ring (bicyclic) bond motifs is 1. The molecule has 1 aliphatic heterocycles. The molecule has 0 radical (unpaired) electrons. The lowest BCUT2D eigenvalue weighted by Gasteiger charge is -2.28. The van der Waals surface area contributed by atoms with E-state index in [1.807, 2.05) is 25.1 Å². The van der Waals surface area contributed by atoms with Crippen LogP contribution in [-0.4, -0.2) is 27.7 Å². The maximum Gasteiger partial charge on any atom is 0.278 e. The zero-order valence-corrected chi connectivity index (χ0v) is 15.2. The molecule has 3 heterocycles. The van der Waals surface area contributed by atoms with Gasteiger partial charge in [0.1, 0.15) is 11.4 Å². The van der Waals surface area contributed by atoms with E-state index in [9.17, 15) is 4.79 Å². The molecule has 3 aromatic rings. The van der Waals surface area contributed by atoms with Crippen LogP contribution in [0, 0.1) is 6.92 Å². The zero-order valence-electron chi connectivity index (χ0n) is 15.2.